The average Bonchev–Trinajstić information content (AvgIpc) is 3.01. The summed E-state index contributed by atoms with van der Waals surface area (Å²) in [4.78, 5) is 31.6. The molecular formula is C18H24N4O3. The van der Waals surface area contributed by atoms with E-state index in [1.807, 2.05) is 23.1 Å². The highest BCUT2D eigenvalue weighted by Gasteiger charge is 2.27. The first kappa shape index (κ1) is 17.4. The maximum absolute atomic E-state index is 13.0. The average molecular weight is 344 g/mol. The van der Waals surface area contributed by atoms with E-state index in [1.54, 1.807) is 17.7 Å². The molecule has 2 aromatic heterocycles. The van der Waals surface area contributed by atoms with Crippen molar-refractivity contribution in [3.63, 3.8) is 0 Å². The van der Waals surface area contributed by atoms with Gasteiger partial charge in [0.1, 0.15) is 0 Å². The molecule has 7 nitrogen and oxygen atoms in total. The first-order valence-electron chi connectivity index (χ1n) is 8.65. The summed E-state index contributed by atoms with van der Waals surface area (Å²) < 4.78 is 6.62. The zero-order valence-corrected chi connectivity index (χ0v) is 14.7. The SMILES string of the molecule is COCCNC(=O)c1nc(C(=O)N2CCCC(C)C2)c2ccccn12. The lowest BCUT2D eigenvalue weighted by Gasteiger charge is -2.30. The highest BCUT2D eigenvalue weighted by Crippen LogP contribution is 2.20. The smallest absolute Gasteiger partial charge is 0.287 e. The third-order valence-electron chi connectivity index (χ3n) is 4.49. The first-order chi connectivity index (χ1) is 12.1. The number of pyridine rings is 1. The molecular weight excluding hydrogens is 320 g/mol. The van der Waals surface area contributed by atoms with Crippen LogP contribution in [-0.2, 0) is 4.74 Å². The van der Waals surface area contributed by atoms with Gasteiger partial charge >= 0.3 is 0 Å². The number of rotatable bonds is 5. The zero-order chi connectivity index (χ0) is 17.8. The Morgan fingerprint density at radius 3 is 3.00 bits per heavy atom. The number of methoxy groups -OCH3 is 1. The van der Waals surface area contributed by atoms with E-state index in [0.29, 0.717) is 30.3 Å². The third kappa shape index (κ3) is 3.66. The van der Waals surface area contributed by atoms with Crippen LogP contribution >= 0.6 is 0 Å². The van der Waals surface area contributed by atoms with E-state index in [0.717, 1.165) is 25.9 Å². The summed E-state index contributed by atoms with van der Waals surface area (Å²) in [6.45, 7) is 4.44. The summed E-state index contributed by atoms with van der Waals surface area (Å²) in [6.07, 6.45) is 3.90. The maximum Gasteiger partial charge on any atom is 0.287 e. The Balaban J connectivity index is 1.90. The van der Waals surface area contributed by atoms with Crippen molar-refractivity contribution < 1.29 is 14.3 Å². The lowest BCUT2D eigenvalue weighted by molar-refractivity contribution is 0.0679. The van der Waals surface area contributed by atoms with Gasteiger partial charge < -0.3 is 15.0 Å². The molecule has 0 saturated carbocycles. The fourth-order valence-corrected chi connectivity index (χ4v) is 3.22. The minimum Gasteiger partial charge on any atom is -0.383 e. The molecule has 2 amide bonds. The van der Waals surface area contributed by atoms with Gasteiger partial charge in [0.05, 0.1) is 12.1 Å². The largest absolute Gasteiger partial charge is 0.383 e. The lowest BCUT2D eigenvalue weighted by Crippen LogP contribution is -2.39. The van der Waals surface area contributed by atoms with Gasteiger partial charge in [0.25, 0.3) is 11.8 Å². The summed E-state index contributed by atoms with van der Waals surface area (Å²) in [6, 6.07) is 5.48. The zero-order valence-electron chi connectivity index (χ0n) is 14.7. The Hall–Kier alpha value is -2.41. The summed E-state index contributed by atoms with van der Waals surface area (Å²) in [5.74, 6) is 0.291. The highest BCUT2D eigenvalue weighted by molar-refractivity contribution is 6.02. The van der Waals surface area contributed by atoms with Crippen LogP contribution in [0.2, 0.25) is 0 Å². The van der Waals surface area contributed by atoms with Crippen molar-refractivity contribution in [1.29, 1.82) is 0 Å². The van der Waals surface area contributed by atoms with Gasteiger partial charge in [-0.3, -0.25) is 14.0 Å². The molecule has 3 rings (SSSR count). The van der Waals surface area contributed by atoms with Gasteiger partial charge in [0.2, 0.25) is 5.82 Å². The normalized spacial score (nSPS) is 17.7. The maximum atomic E-state index is 13.0. The molecule has 3 heterocycles. The van der Waals surface area contributed by atoms with Crippen molar-refractivity contribution in [3.8, 4) is 0 Å². The van der Waals surface area contributed by atoms with E-state index < -0.39 is 0 Å². The summed E-state index contributed by atoms with van der Waals surface area (Å²) in [7, 11) is 1.58. The fourth-order valence-electron chi connectivity index (χ4n) is 3.22. The van der Waals surface area contributed by atoms with Crippen molar-refractivity contribution in [2.75, 3.05) is 33.4 Å². The van der Waals surface area contributed by atoms with Crippen LogP contribution in [-0.4, -0.2) is 59.4 Å². The van der Waals surface area contributed by atoms with Crippen molar-refractivity contribution in [1.82, 2.24) is 19.6 Å². The van der Waals surface area contributed by atoms with Gasteiger partial charge in [-0.15, -0.1) is 0 Å². The number of fused-ring (bicyclic) bond motifs is 1. The van der Waals surface area contributed by atoms with Crippen LogP contribution in [0, 0.1) is 5.92 Å². The predicted molar refractivity (Wildman–Crippen MR) is 93.7 cm³/mol. The fraction of sp³-hybridized carbons (Fsp3) is 0.500. The van der Waals surface area contributed by atoms with Crippen molar-refractivity contribution >= 4 is 17.3 Å². The van der Waals surface area contributed by atoms with Crippen molar-refractivity contribution in [2.24, 2.45) is 5.92 Å². The van der Waals surface area contributed by atoms with Crippen LogP contribution < -0.4 is 5.32 Å². The van der Waals surface area contributed by atoms with Gasteiger partial charge in [-0.05, 0) is 30.9 Å². The highest BCUT2D eigenvalue weighted by atomic mass is 16.5. The van der Waals surface area contributed by atoms with Crippen LogP contribution in [0.4, 0.5) is 0 Å². The molecule has 1 aliphatic heterocycles. The number of ether oxygens (including phenoxy) is 1. The number of piperidine rings is 1. The molecule has 0 aromatic carbocycles. The molecule has 0 radical (unpaired) electrons. The molecule has 2 aromatic rings. The van der Waals surface area contributed by atoms with E-state index in [2.05, 4.69) is 17.2 Å². The number of likely N-dealkylation sites (tertiary alicyclic amines) is 1. The second kappa shape index (κ2) is 7.65. The number of hydrogen-bond donors (Lipinski definition) is 1. The minimum atomic E-state index is -0.315. The number of hydrogen-bond acceptors (Lipinski definition) is 4. The molecule has 1 fully saturated rings. The number of nitrogens with zero attached hydrogens (tertiary/aromatic N) is 3. The van der Waals surface area contributed by atoms with Crippen LogP contribution in [0.1, 0.15) is 40.9 Å². The number of amides is 2. The summed E-state index contributed by atoms with van der Waals surface area (Å²) in [5, 5.41) is 2.76. The number of aromatic nitrogens is 2. The molecule has 7 heteroatoms. The van der Waals surface area contributed by atoms with E-state index in [1.165, 1.54) is 0 Å². The summed E-state index contributed by atoms with van der Waals surface area (Å²) in [5.41, 5.74) is 0.995. The summed E-state index contributed by atoms with van der Waals surface area (Å²) >= 11 is 0. The van der Waals surface area contributed by atoms with Gasteiger partial charge in [0, 0.05) is 32.9 Å². The molecule has 0 spiro atoms. The lowest BCUT2D eigenvalue weighted by atomic mass is 10.00. The number of imidazole rings is 1. The van der Waals surface area contributed by atoms with E-state index >= 15 is 0 Å². The topological polar surface area (TPSA) is 75.9 Å². The number of nitrogens with one attached hydrogen (secondary N) is 1. The van der Waals surface area contributed by atoms with Crippen molar-refractivity contribution in [3.05, 3.63) is 35.9 Å². The van der Waals surface area contributed by atoms with Crippen molar-refractivity contribution in [2.45, 2.75) is 19.8 Å². The van der Waals surface area contributed by atoms with E-state index in [9.17, 15) is 9.59 Å². The Kier molecular flexibility index (Phi) is 5.33. The molecule has 0 aliphatic carbocycles. The Morgan fingerprint density at radius 2 is 2.24 bits per heavy atom. The van der Waals surface area contributed by atoms with E-state index in [4.69, 9.17) is 4.74 Å². The molecule has 1 saturated heterocycles. The Morgan fingerprint density at radius 1 is 1.40 bits per heavy atom. The molecule has 1 N–H and O–H groups in total. The Labute approximate surface area is 147 Å². The monoisotopic (exact) mass is 344 g/mol. The molecule has 1 aliphatic rings. The van der Waals surface area contributed by atoms with Gasteiger partial charge in [-0.1, -0.05) is 13.0 Å². The quantitative estimate of drug-likeness (QED) is 0.836. The predicted octanol–water partition coefficient (Wildman–Crippen LogP) is 1.58. The van der Waals surface area contributed by atoms with Gasteiger partial charge in [-0.25, -0.2) is 4.98 Å². The molecule has 134 valence electrons. The molecule has 1 atom stereocenters. The van der Waals surface area contributed by atoms with Gasteiger partial charge in [0.15, 0.2) is 5.69 Å². The van der Waals surface area contributed by atoms with Crippen LogP contribution in [0.5, 0.6) is 0 Å². The molecule has 1 unspecified atom stereocenters. The van der Waals surface area contributed by atoms with Crippen LogP contribution in [0.25, 0.3) is 5.52 Å². The van der Waals surface area contributed by atoms with E-state index in [-0.39, 0.29) is 17.6 Å². The number of carbonyl (C=O) groups is 2. The minimum absolute atomic E-state index is 0.105. The second-order valence-electron chi connectivity index (χ2n) is 6.49. The number of carbonyl (C=O) groups excluding carboxylic acids is 2. The third-order valence-corrected chi connectivity index (χ3v) is 4.49. The first-order valence-corrected chi connectivity index (χ1v) is 8.65. The van der Waals surface area contributed by atoms with Gasteiger partial charge in [-0.2, -0.15) is 0 Å². The standard InChI is InChI=1S/C18H24N4O3/c1-13-6-5-9-21(12-13)18(24)15-14-7-3-4-10-22(14)16(20-15)17(23)19-8-11-25-2/h3-4,7,10,13H,5-6,8-9,11-12H2,1-2H3,(H,19,23). The van der Waals surface area contributed by atoms with Crippen LogP contribution in [0.3, 0.4) is 0 Å². The Bertz CT molecular complexity index is 771. The molecule has 0 bridgehead atoms. The second-order valence-corrected chi connectivity index (χ2v) is 6.49. The molecule has 25 heavy (non-hydrogen) atoms. The van der Waals surface area contributed by atoms with Crippen LogP contribution in [0.15, 0.2) is 24.4 Å².